The molecule has 0 saturated heterocycles. The maximum absolute atomic E-state index is 11.6. The summed E-state index contributed by atoms with van der Waals surface area (Å²) >= 11 is 5.88. The fraction of sp³-hybridized carbons (Fsp3) is 0.364. The number of anilines is 1. The Hall–Kier alpha value is -0.910. The molecule has 0 aliphatic carbocycles. The second kappa shape index (κ2) is 6.74. The van der Waals surface area contributed by atoms with Crippen molar-refractivity contribution < 1.29 is 9.00 Å². The van der Waals surface area contributed by atoms with E-state index in [-0.39, 0.29) is 16.9 Å². The highest BCUT2D eigenvalue weighted by atomic mass is 35.5. The number of benzene rings is 1. The zero-order chi connectivity index (χ0) is 12.8. The van der Waals surface area contributed by atoms with E-state index in [0.717, 1.165) is 0 Å². The Morgan fingerprint density at radius 3 is 2.76 bits per heavy atom. The molecule has 0 aromatic heterocycles. The monoisotopic (exact) mass is 274 g/mol. The van der Waals surface area contributed by atoms with Gasteiger partial charge in [-0.1, -0.05) is 23.7 Å². The minimum Gasteiger partial charge on any atom is -0.329 e. The fourth-order valence-corrected chi connectivity index (χ4v) is 2.14. The number of halogens is 1. The maximum Gasteiger partial charge on any atom is 0.237 e. The van der Waals surface area contributed by atoms with Gasteiger partial charge in [0, 0.05) is 22.6 Å². The van der Waals surface area contributed by atoms with Crippen LogP contribution >= 0.6 is 11.6 Å². The standard InChI is InChI=1S/C11H15ClN2O2S/c1-8(6-13)17(16)7-11(15)14-10-5-3-2-4-9(10)12/h2-5,8H,6-7,13H2,1H3,(H,14,15). The summed E-state index contributed by atoms with van der Waals surface area (Å²) < 4.78 is 11.6. The summed E-state index contributed by atoms with van der Waals surface area (Å²) in [4.78, 5) is 11.6. The van der Waals surface area contributed by atoms with Crippen LogP contribution < -0.4 is 11.1 Å². The Kier molecular flexibility index (Phi) is 5.61. The molecule has 17 heavy (non-hydrogen) atoms. The number of carbonyl (C=O) groups is 1. The van der Waals surface area contributed by atoms with Gasteiger partial charge in [0.25, 0.3) is 0 Å². The molecule has 0 saturated carbocycles. The summed E-state index contributed by atoms with van der Waals surface area (Å²) in [6.45, 7) is 2.05. The van der Waals surface area contributed by atoms with Crippen LogP contribution in [0.2, 0.25) is 5.02 Å². The second-order valence-electron chi connectivity index (χ2n) is 3.60. The van der Waals surface area contributed by atoms with E-state index < -0.39 is 10.8 Å². The third-order valence-corrected chi connectivity index (χ3v) is 4.17. The van der Waals surface area contributed by atoms with Crippen LogP contribution in [0.4, 0.5) is 5.69 Å². The van der Waals surface area contributed by atoms with Gasteiger partial charge in [-0.3, -0.25) is 9.00 Å². The van der Waals surface area contributed by atoms with E-state index in [1.807, 2.05) is 0 Å². The van der Waals surface area contributed by atoms with E-state index in [4.69, 9.17) is 17.3 Å². The number of rotatable bonds is 5. The minimum atomic E-state index is -1.26. The molecule has 1 aromatic rings. The third kappa shape index (κ3) is 4.46. The number of amides is 1. The molecule has 0 spiro atoms. The van der Waals surface area contributed by atoms with Gasteiger partial charge in [0.1, 0.15) is 5.75 Å². The molecule has 2 unspecified atom stereocenters. The van der Waals surface area contributed by atoms with Crippen LogP contribution in [0.3, 0.4) is 0 Å². The number of hydrogen-bond acceptors (Lipinski definition) is 3. The zero-order valence-electron chi connectivity index (χ0n) is 9.48. The van der Waals surface area contributed by atoms with Crippen LogP contribution in [-0.4, -0.2) is 27.7 Å². The first kappa shape index (κ1) is 14.2. The van der Waals surface area contributed by atoms with Crippen LogP contribution in [0.15, 0.2) is 24.3 Å². The molecule has 4 nitrogen and oxygen atoms in total. The Balaban J connectivity index is 2.56. The third-order valence-electron chi connectivity index (χ3n) is 2.20. The van der Waals surface area contributed by atoms with E-state index in [2.05, 4.69) is 5.32 Å². The van der Waals surface area contributed by atoms with Gasteiger partial charge in [0.05, 0.1) is 10.7 Å². The lowest BCUT2D eigenvalue weighted by atomic mass is 10.3. The number of para-hydroxylation sites is 1. The molecular weight excluding hydrogens is 260 g/mol. The predicted molar refractivity (Wildman–Crippen MR) is 71.6 cm³/mol. The summed E-state index contributed by atoms with van der Waals surface area (Å²) in [6.07, 6.45) is 0. The van der Waals surface area contributed by atoms with E-state index >= 15 is 0 Å². The largest absolute Gasteiger partial charge is 0.329 e. The summed E-state index contributed by atoms with van der Waals surface area (Å²) in [5.41, 5.74) is 5.90. The van der Waals surface area contributed by atoms with Crippen molar-refractivity contribution in [3.05, 3.63) is 29.3 Å². The molecule has 0 heterocycles. The molecule has 1 aromatic carbocycles. The Morgan fingerprint density at radius 1 is 1.53 bits per heavy atom. The van der Waals surface area contributed by atoms with Crippen molar-refractivity contribution in [1.82, 2.24) is 0 Å². The quantitative estimate of drug-likeness (QED) is 0.852. The maximum atomic E-state index is 11.6. The molecule has 1 rings (SSSR count). The van der Waals surface area contributed by atoms with Gasteiger partial charge >= 0.3 is 0 Å². The van der Waals surface area contributed by atoms with Crippen LogP contribution in [0.1, 0.15) is 6.92 Å². The summed E-state index contributed by atoms with van der Waals surface area (Å²) in [7, 11) is -1.26. The van der Waals surface area contributed by atoms with Gasteiger partial charge in [0.2, 0.25) is 5.91 Å². The first-order chi connectivity index (χ1) is 8.04. The zero-order valence-corrected chi connectivity index (χ0v) is 11.1. The van der Waals surface area contributed by atoms with E-state index in [9.17, 15) is 9.00 Å². The van der Waals surface area contributed by atoms with Crippen molar-refractivity contribution >= 4 is 34.0 Å². The normalized spacial score (nSPS) is 14.1. The lowest BCUT2D eigenvalue weighted by Crippen LogP contribution is -2.29. The SMILES string of the molecule is CC(CN)S(=O)CC(=O)Nc1ccccc1Cl. The van der Waals surface area contributed by atoms with Crippen LogP contribution in [0.25, 0.3) is 0 Å². The molecular formula is C11H15ClN2O2S. The van der Waals surface area contributed by atoms with Gasteiger partial charge in [-0.15, -0.1) is 0 Å². The topological polar surface area (TPSA) is 72.2 Å². The number of hydrogen-bond donors (Lipinski definition) is 2. The second-order valence-corrected chi connectivity index (χ2v) is 5.86. The van der Waals surface area contributed by atoms with Gasteiger partial charge < -0.3 is 11.1 Å². The van der Waals surface area contributed by atoms with Gasteiger partial charge in [-0.2, -0.15) is 0 Å². The molecule has 0 aliphatic rings. The lowest BCUT2D eigenvalue weighted by Gasteiger charge is -2.09. The highest BCUT2D eigenvalue weighted by Crippen LogP contribution is 2.20. The molecule has 2 atom stereocenters. The predicted octanol–water partition coefficient (Wildman–Crippen LogP) is 1.37. The van der Waals surface area contributed by atoms with Crippen LogP contribution in [-0.2, 0) is 15.6 Å². The minimum absolute atomic E-state index is 0.0659. The molecule has 6 heteroatoms. The molecule has 0 radical (unpaired) electrons. The van der Waals surface area contributed by atoms with Crippen LogP contribution in [0.5, 0.6) is 0 Å². The Morgan fingerprint density at radius 2 is 2.18 bits per heavy atom. The van der Waals surface area contributed by atoms with Crippen molar-refractivity contribution in [2.24, 2.45) is 5.73 Å². The van der Waals surface area contributed by atoms with Crippen molar-refractivity contribution in [2.45, 2.75) is 12.2 Å². The Bertz CT molecular complexity index is 426. The molecule has 94 valence electrons. The average molecular weight is 275 g/mol. The summed E-state index contributed by atoms with van der Waals surface area (Å²) in [6, 6.07) is 6.90. The first-order valence-electron chi connectivity index (χ1n) is 5.16. The molecule has 1 amide bonds. The van der Waals surface area contributed by atoms with Crippen molar-refractivity contribution in [2.75, 3.05) is 17.6 Å². The molecule has 0 fully saturated rings. The van der Waals surface area contributed by atoms with E-state index in [1.54, 1.807) is 31.2 Å². The number of nitrogens with two attached hydrogens (primary N) is 1. The molecule has 0 aliphatic heterocycles. The van der Waals surface area contributed by atoms with Crippen LogP contribution in [0, 0.1) is 0 Å². The average Bonchev–Trinajstić information content (AvgIpc) is 2.31. The highest BCUT2D eigenvalue weighted by Gasteiger charge is 2.14. The van der Waals surface area contributed by atoms with E-state index in [0.29, 0.717) is 17.3 Å². The Labute approximate surface area is 108 Å². The lowest BCUT2D eigenvalue weighted by molar-refractivity contribution is -0.113. The first-order valence-corrected chi connectivity index (χ1v) is 6.92. The number of nitrogens with one attached hydrogen (secondary N) is 1. The summed E-state index contributed by atoms with van der Waals surface area (Å²) in [5, 5.41) is 2.88. The van der Waals surface area contributed by atoms with Crippen molar-refractivity contribution in [1.29, 1.82) is 0 Å². The fourth-order valence-electron chi connectivity index (χ4n) is 1.13. The van der Waals surface area contributed by atoms with Crippen molar-refractivity contribution in [3.8, 4) is 0 Å². The van der Waals surface area contributed by atoms with Gasteiger partial charge in [-0.05, 0) is 19.1 Å². The van der Waals surface area contributed by atoms with Gasteiger partial charge in [0.15, 0.2) is 0 Å². The number of carbonyl (C=O) groups excluding carboxylic acids is 1. The van der Waals surface area contributed by atoms with Gasteiger partial charge in [-0.25, -0.2) is 0 Å². The smallest absolute Gasteiger partial charge is 0.237 e. The summed E-state index contributed by atoms with van der Waals surface area (Å²) in [5.74, 6) is -0.388. The van der Waals surface area contributed by atoms with E-state index in [1.165, 1.54) is 0 Å². The molecule has 3 N–H and O–H groups in total. The molecule has 0 bridgehead atoms. The van der Waals surface area contributed by atoms with Crippen molar-refractivity contribution in [3.63, 3.8) is 0 Å². The highest BCUT2D eigenvalue weighted by molar-refractivity contribution is 7.86.